The summed E-state index contributed by atoms with van der Waals surface area (Å²) in [4.78, 5) is 23.7. The first-order valence-corrected chi connectivity index (χ1v) is 12.6. The molecule has 1 saturated heterocycles. The minimum Gasteiger partial charge on any atom is -0.379 e. The van der Waals surface area contributed by atoms with Gasteiger partial charge in [-0.25, -0.2) is 4.98 Å². The number of thioether (sulfide) groups is 1. The van der Waals surface area contributed by atoms with E-state index in [1.165, 1.54) is 0 Å². The maximum absolute atomic E-state index is 13.5. The Kier molecular flexibility index (Phi) is 7.07. The summed E-state index contributed by atoms with van der Waals surface area (Å²) in [6.45, 7) is 4.73. The number of carbonyl (C=O) groups excluding carboxylic acids is 1. The maximum atomic E-state index is 13.5. The van der Waals surface area contributed by atoms with Crippen LogP contribution in [0.15, 0.2) is 47.4 Å². The fourth-order valence-electron chi connectivity index (χ4n) is 3.32. The SMILES string of the molecule is CSc1cccc2sc(N(CCN3CCOCC3)C(=O)c3ccccc3I)nc12. The minimum atomic E-state index is 0.00742. The molecule has 1 aliphatic rings. The zero-order valence-corrected chi connectivity index (χ0v) is 19.9. The molecule has 0 spiro atoms. The number of nitrogens with zero attached hydrogens (tertiary/aromatic N) is 3. The number of morpholine rings is 1. The largest absolute Gasteiger partial charge is 0.379 e. The fourth-order valence-corrected chi connectivity index (χ4v) is 5.59. The standard InChI is InChI=1S/C21H22IN3O2S2/c1-28-17-7-4-8-18-19(17)23-21(29-18)25(10-9-24-11-13-27-14-12-24)20(26)15-5-2-3-6-16(15)22/h2-8H,9-14H2,1H3. The van der Waals surface area contributed by atoms with Crippen LogP contribution in [0.5, 0.6) is 0 Å². The molecule has 1 aromatic heterocycles. The molecule has 4 rings (SSSR count). The highest BCUT2D eigenvalue weighted by Gasteiger charge is 2.24. The van der Waals surface area contributed by atoms with Gasteiger partial charge in [0.15, 0.2) is 5.13 Å². The normalized spacial score (nSPS) is 15.0. The van der Waals surface area contributed by atoms with Crippen molar-refractivity contribution in [1.82, 2.24) is 9.88 Å². The molecule has 0 aliphatic carbocycles. The number of rotatable bonds is 6. The lowest BCUT2D eigenvalue weighted by Gasteiger charge is -2.29. The van der Waals surface area contributed by atoms with Gasteiger partial charge in [-0.05, 0) is 53.1 Å². The van der Waals surface area contributed by atoms with Crippen molar-refractivity contribution in [3.05, 3.63) is 51.6 Å². The molecular weight excluding hydrogens is 517 g/mol. The van der Waals surface area contributed by atoms with E-state index in [0.29, 0.717) is 6.54 Å². The van der Waals surface area contributed by atoms with Gasteiger partial charge < -0.3 is 4.74 Å². The Morgan fingerprint density at radius 2 is 2.03 bits per heavy atom. The van der Waals surface area contributed by atoms with E-state index >= 15 is 0 Å². The Labute approximate surface area is 192 Å². The fraction of sp³-hybridized carbons (Fsp3) is 0.333. The quantitative estimate of drug-likeness (QED) is 0.339. The highest BCUT2D eigenvalue weighted by molar-refractivity contribution is 14.1. The molecule has 2 aromatic carbocycles. The van der Waals surface area contributed by atoms with E-state index in [9.17, 15) is 4.79 Å². The number of carbonyl (C=O) groups is 1. The number of hydrogen-bond acceptors (Lipinski definition) is 6. The maximum Gasteiger partial charge on any atom is 0.261 e. The molecule has 1 amide bonds. The highest BCUT2D eigenvalue weighted by atomic mass is 127. The van der Waals surface area contributed by atoms with Crippen molar-refractivity contribution in [2.75, 3.05) is 50.5 Å². The Bertz CT molecular complexity index is 1000. The summed E-state index contributed by atoms with van der Waals surface area (Å²) in [5.74, 6) is 0.00742. The Morgan fingerprint density at radius 1 is 1.24 bits per heavy atom. The predicted octanol–water partition coefficient (Wildman–Crippen LogP) is 4.60. The molecule has 1 fully saturated rings. The molecule has 0 atom stereocenters. The van der Waals surface area contributed by atoms with Gasteiger partial charge in [0.25, 0.3) is 5.91 Å². The number of ether oxygens (including phenoxy) is 1. The first-order valence-electron chi connectivity index (χ1n) is 9.47. The number of amides is 1. The van der Waals surface area contributed by atoms with Crippen LogP contribution in [0, 0.1) is 3.57 Å². The number of halogens is 1. The van der Waals surface area contributed by atoms with Crippen LogP contribution in [-0.2, 0) is 4.74 Å². The minimum absolute atomic E-state index is 0.00742. The van der Waals surface area contributed by atoms with Gasteiger partial charge in [-0.1, -0.05) is 29.5 Å². The molecule has 0 radical (unpaired) electrons. The summed E-state index contributed by atoms with van der Waals surface area (Å²) in [5, 5.41) is 0.763. The van der Waals surface area contributed by atoms with E-state index < -0.39 is 0 Å². The number of fused-ring (bicyclic) bond motifs is 1. The van der Waals surface area contributed by atoms with Crippen molar-refractivity contribution in [3.63, 3.8) is 0 Å². The molecule has 152 valence electrons. The van der Waals surface area contributed by atoms with Crippen LogP contribution >= 0.6 is 45.7 Å². The first kappa shape index (κ1) is 21.0. The first-order chi connectivity index (χ1) is 14.2. The summed E-state index contributed by atoms with van der Waals surface area (Å²) in [5.41, 5.74) is 1.70. The number of para-hydroxylation sites is 1. The average molecular weight is 539 g/mol. The van der Waals surface area contributed by atoms with Crippen molar-refractivity contribution in [1.29, 1.82) is 0 Å². The van der Waals surface area contributed by atoms with Crippen LogP contribution in [0.3, 0.4) is 0 Å². The zero-order valence-electron chi connectivity index (χ0n) is 16.1. The van der Waals surface area contributed by atoms with Gasteiger partial charge >= 0.3 is 0 Å². The van der Waals surface area contributed by atoms with Crippen LogP contribution < -0.4 is 4.90 Å². The second kappa shape index (κ2) is 9.74. The van der Waals surface area contributed by atoms with Crippen molar-refractivity contribution in [2.45, 2.75) is 4.90 Å². The molecule has 3 aromatic rings. The van der Waals surface area contributed by atoms with Crippen molar-refractivity contribution in [3.8, 4) is 0 Å². The van der Waals surface area contributed by atoms with E-state index in [4.69, 9.17) is 9.72 Å². The third-order valence-electron chi connectivity index (χ3n) is 4.91. The third-order valence-corrected chi connectivity index (χ3v) is 7.67. The summed E-state index contributed by atoms with van der Waals surface area (Å²) in [7, 11) is 0. The van der Waals surface area contributed by atoms with E-state index in [1.54, 1.807) is 23.1 Å². The van der Waals surface area contributed by atoms with E-state index in [-0.39, 0.29) is 5.91 Å². The zero-order chi connectivity index (χ0) is 20.2. The summed E-state index contributed by atoms with van der Waals surface area (Å²) < 4.78 is 7.52. The van der Waals surface area contributed by atoms with Gasteiger partial charge in [0.05, 0.1) is 29.0 Å². The topological polar surface area (TPSA) is 45.7 Å². The number of aromatic nitrogens is 1. The monoisotopic (exact) mass is 539 g/mol. The van der Waals surface area contributed by atoms with Crippen LogP contribution in [-0.4, -0.2) is 61.4 Å². The molecular formula is C21H22IN3O2S2. The van der Waals surface area contributed by atoms with Gasteiger partial charge in [-0.2, -0.15) is 0 Å². The molecule has 0 N–H and O–H groups in total. The second-order valence-corrected chi connectivity index (χ2v) is 9.71. The highest BCUT2D eigenvalue weighted by Crippen LogP contribution is 2.34. The van der Waals surface area contributed by atoms with Gasteiger partial charge in [0, 0.05) is 34.6 Å². The lowest BCUT2D eigenvalue weighted by atomic mass is 10.2. The van der Waals surface area contributed by atoms with E-state index in [0.717, 1.165) is 62.2 Å². The van der Waals surface area contributed by atoms with Crippen LogP contribution in [0.25, 0.3) is 10.2 Å². The lowest BCUT2D eigenvalue weighted by molar-refractivity contribution is 0.0391. The Hall–Kier alpha value is -1.20. The smallest absolute Gasteiger partial charge is 0.261 e. The van der Waals surface area contributed by atoms with Crippen LogP contribution in [0.4, 0.5) is 5.13 Å². The Balaban J connectivity index is 1.67. The number of anilines is 1. The Morgan fingerprint density at radius 3 is 2.79 bits per heavy atom. The van der Waals surface area contributed by atoms with Gasteiger partial charge in [0.1, 0.15) is 0 Å². The average Bonchev–Trinajstić information content (AvgIpc) is 3.19. The molecule has 1 aliphatic heterocycles. The summed E-state index contributed by atoms with van der Waals surface area (Å²) in [6.07, 6.45) is 2.06. The molecule has 0 saturated carbocycles. The van der Waals surface area contributed by atoms with Crippen LogP contribution in [0.1, 0.15) is 10.4 Å². The van der Waals surface area contributed by atoms with Crippen LogP contribution in [0.2, 0.25) is 0 Å². The molecule has 0 unspecified atom stereocenters. The van der Waals surface area contributed by atoms with Crippen molar-refractivity contribution in [2.24, 2.45) is 0 Å². The lowest BCUT2D eigenvalue weighted by Crippen LogP contribution is -2.43. The second-order valence-electron chi connectivity index (χ2n) is 6.69. The van der Waals surface area contributed by atoms with Crippen molar-refractivity contribution < 1.29 is 9.53 Å². The van der Waals surface area contributed by atoms with Gasteiger partial charge in [-0.15, -0.1) is 11.8 Å². The summed E-state index contributed by atoms with van der Waals surface area (Å²) in [6, 6.07) is 13.9. The summed E-state index contributed by atoms with van der Waals surface area (Å²) >= 11 is 5.50. The molecule has 2 heterocycles. The van der Waals surface area contributed by atoms with Crippen molar-refractivity contribution >= 4 is 66.9 Å². The molecule has 8 heteroatoms. The molecule has 0 bridgehead atoms. The van der Waals surface area contributed by atoms with Gasteiger partial charge in [-0.3, -0.25) is 14.6 Å². The molecule has 29 heavy (non-hydrogen) atoms. The molecule has 5 nitrogen and oxygen atoms in total. The van der Waals surface area contributed by atoms with Gasteiger partial charge in [0.2, 0.25) is 0 Å². The van der Waals surface area contributed by atoms with E-state index in [1.807, 2.05) is 29.2 Å². The predicted molar refractivity (Wildman–Crippen MR) is 129 cm³/mol. The number of thiazole rings is 1. The van der Waals surface area contributed by atoms with E-state index in [2.05, 4.69) is 51.9 Å². The number of benzene rings is 2. The number of hydrogen-bond donors (Lipinski definition) is 0. The third kappa shape index (κ3) is 4.77.